The van der Waals surface area contributed by atoms with Crippen molar-refractivity contribution in [3.8, 4) is 0 Å². The molecule has 1 aromatic rings. The van der Waals surface area contributed by atoms with Gasteiger partial charge < -0.3 is 5.32 Å². The van der Waals surface area contributed by atoms with Gasteiger partial charge in [0.05, 0.1) is 0 Å². The molecule has 0 unspecified atom stereocenters. The summed E-state index contributed by atoms with van der Waals surface area (Å²) in [5.74, 6) is 0. The molecule has 0 spiro atoms. The van der Waals surface area contributed by atoms with E-state index in [0.717, 1.165) is 21.8 Å². The first kappa shape index (κ1) is 8.07. The second kappa shape index (κ2) is 2.47. The maximum atomic E-state index is 12.1. The van der Waals surface area contributed by atoms with Gasteiger partial charge in [-0.25, -0.2) is 0 Å². The van der Waals surface area contributed by atoms with Crippen molar-refractivity contribution >= 4 is 11.3 Å². The third kappa shape index (κ3) is 1.23. The van der Waals surface area contributed by atoms with Gasteiger partial charge in [0.2, 0.25) is 0 Å². The van der Waals surface area contributed by atoms with Crippen LogP contribution in [0.4, 0.5) is 13.2 Å². The minimum Gasteiger partial charge on any atom is -0.308 e. The molecule has 66 valence electrons. The normalized spacial score (nSPS) is 16.6. The first-order valence-electron chi connectivity index (χ1n) is 3.47. The van der Waals surface area contributed by atoms with Crippen LogP contribution in [0.2, 0.25) is 0 Å². The molecule has 2 rings (SSSR count). The number of hydrogen-bond acceptors (Lipinski definition) is 2. The molecule has 0 amide bonds. The Balaban J connectivity index is 2.38. The first-order valence-corrected chi connectivity index (χ1v) is 4.28. The monoisotopic (exact) mass is 193 g/mol. The largest absolute Gasteiger partial charge is 0.425 e. The standard InChI is InChI=1S/C7H6F3NS/c8-7(9,10)6-1-4-2-11-3-5(4)12-6/h1,11H,2-3H2. The van der Waals surface area contributed by atoms with E-state index in [1.165, 1.54) is 6.07 Å². The van der Waals surface area contributed by atoms with Crippen molar-refractivity contribution < 1.29 is 13.2 Å². The molecule has 0 aliphatic carbocycles. The molecule has 0 fully saturated rings. The lowest BCUT2D eigenvalue weighted by molar-refractivity contribution is -0.134. The Kier molecular flexibility index (Phi) is 1.66. The maximum Gasteiger partial charge on any atom is 0.425 e. The van der Waals surface area contributed by atoms with Crippen molar-refractivity contribution in [2.24, 2.45) is 0 Å². The van der Waals surface area contributed by atoms with Crippen LogP contribution in [0, 0.1) is 0 Å². The molecule has 0 atom stereocenters. The molecule has 1 aliphatic heterocycles. The molecule has 0 radical (unpaired) electrons. The Morgan fingerprint density at radius 2 is 2.08 bits per heavy atom. The molecule has 1 aliphatic rings. The van der Waals surface area contributed by atoms with Crippen LogP contribution < -0.4 is 5.32 Å². The van der Waals surface area contributed by atoms with Gasteiger partial charge in [0.25, 0.3) is 0 Å². The highest BCUT2D eigenvalue weighted by Crippen LogP contribution is 2.37. The van der Waals surface area contributed by atoms with Crippen molar-refractivity contribution in [1.82, 2.24) is 5.32 Å². The molecule has 1 nitrogen and oxygen atoms in total. The van der Waals surface area contributed by atoms with Gasteiger partial charge in [-0.05, 0) is 11.6 Å². The summed E-state index contributed by atoms with van der Waals surface area (Å²) in [6.07, 6.45) is -4.17. The highest BCUT2D eigenvalue weighted by Gasteiger charge is 2.34. The number of thiophene rings is 1. The van der Waals surface area contributed by atoms with Crippen LogP contribution in [0.15, 0.2) is 6.07 Å². The summed E-state index contributed by atoms with van der Waals surface area (Å²) in [6, 6.07) is 1.24. The van der Waals surface area contributed by atoms with Gasteiger partial charge in [-0.3, -0.25) is 0 Å². The van der Waals surface area contributed by atoms with Crippen LogP contribution in [-0.2, 0) is 19.3 Å². The van der Waals surface area contributed by atoms with Crippen molar-refractivity contribution in [3.05, 3.63) is 21.4 Å². The minimum atomic E-state index is -4.17. The Bertz CT molecular complexity index is 281. The maximum absolute atomic E-state index is 12.1. The molecule has 0 aromatic carbocycles. The number of hydrogen-bond donors (Lipinski definition) is 1. The van der Waals surface area contributed by atoms with Gasteiger partial charge in [-0.15, -0.1) is 11.3 Å². The summed E-state index contributed by atoms with van der Waals surface area (Å²) in [5.41, 5.74) is 0.798. The molecular formula is C7H6F3NS. The molecule has 5 heteroatoms. The summed E-state index contributed by atoms with van der Waals surface area (Å²) < 4.78 is 36.4. The Hall–Kier alpha value is -0.550. The van der Waals surface area contributed by atoms with Gasteiger partial charge in [0.1, 0.15) is 4.88 Å². The molecule has 0 saturated heterocycles. The van der Waals surface area contributed by atoms with E-state index in [2.05, 4.69) is 5.32 Å². The third-order valence-electron chi connectivity index (χ3n) is 1.78. The summed E-state index contributed by atoms with van der Waals surface area (Å²) in [5, 5.41) is 2.99. The highest BCUT2D eigenvalue weighted by molar-refractivity contribution is 7.12. The quantitative estimate of drug-likeness (QED) is 0.667. The fourth-order valence-electron chi connectivity index (χ4n) is 1.22. The van der Waals surface area contributed by atoms with Crippen LogP contribution in [-0.4, -0.2) is 0 Å². The zero-order valence-corrected chi connectivity index (χ0v) is 6.85. The van der Waals surface area contributed by atoms with Crippen LogP contribution in [0.3, 0.4) is 0 Å². The lowest BCUT2D eigenvalue weighted by atomic mass is 10.3. The van der Waals surface area contributed by atoms with E-state index in [4.69, 9.17) is 0 Å². The summed E-state index contributed by atoms with van der Waals surface area (Å²) in [7, 11) is 0. The molecule has 0 saturated carbocycles. The van der Waals surface area contributed by atoms with E-state index in [-0.39, 0.29) is 0 Å². The van der Waals surface area contributed by atoms with Crippen molar-refractivity contribution in [2.75, 3.05) is 0 Å². The fraction of sp³-hybridized carbons (Fsp3) is 0.429. The van der Waals surface area contributed by atoms with Crippen molar-refractivity contribution in [3.63, 3.8) is 0 Å². The molecule has 12 heavy (non-hydrogen) atoms. The second-order valence-corrected chi connectivity index (χ2v) is 3.80. The van der Waals surface area contributed by atoms with E-state index in [9.17, 15) is 13.2 Å². The molecule has 1 N–H and O–H groups in total. The number of rotatable bonds is 0. The predicted molar refractivity (Wildman–Crippen MR) is 39.9 cm³/mol. The van der Waals surface area contributed by atoms with Gasteiger partial charge in [0, 0.05) is 18.0 Å². The van der Waals surface area contributed by atoms with E-state index in [0.29, 0.717) is 13.1 Å². The van der Waals surface area contributed by atoms with Crippen LogP contribution in [0.1, 0.15) is 15.3 Å². The number of nitrogens with one attached hydrogen (secondary N) is 1. The van der Waals surface area contributed by atoms with Gasteiger partial charge in [-0.1, -0.05) is 0 Å². The van der Waals surface area contributed by atoms with Gasteiger partial charge in [-0.2, -0.15) is 13.2 Å². The summed E-state index contributed by atoms with van der Waals surface area (Å²) in [4.78, 5) is 0.344. The van der Waals surface area contributed by atoms with Crippen LogP contribution in [0.5, 0.6) is 0 Å². The first-order chi connectivity index (χ1) is 5.57. The zero-order chi connectivity index (χ0) is 8.77. The summed E-state index contributed by atoms with van der Waals surface area (Å²) in [6.45, 7) is 1.15. The molecule has 1 aromatic heterocycles. The lowest BCUT2D eigenvalue weighted by Crippen LogP contribution is -2.04. The summed E-state index contributed by atoms with van der Waals surface area (Å²) >= 11 is 0.841. The Morgan fingerprint density at radius 3 is 2.67 bits per heavy atom. The Morgan fingerprint density at radius 1 is 1.33 bits per heavy atom. The fourth-order valence-corrected chi connectivity index (χ4v) is 2.23. The second-order valence-electron chi connectivity index (χ2n) is 2.66. The number of fused-ring (bicyclic) bond motifs is 1. The van der Waals surface area contributed by atoms with E-state index in [1.807, 2.05) is 0 Å². The smallest absolute Gasteiger partial charge is 0.308 e. The van der Waals surface area contributed by atoms with Gasteiger partial charge >= 0.3 is 6.18 Å². The predicted octanol–water partition coefficient (Wildman–Crippen LogP) is 2.37. The third-order valence-corrected chi connectivity index (χ3v) is 3.00. The average Bonchev–Trinajstić information content (AvgIpc) is 2.37. The highest BCUT2D eigenvalue weighted by atomic mass is 32.1. The van der Waals surface area contributed by atoms with Crippen LogP contribution in [0.25, 0.3) is 0 Å². The van der Waals surface area contributed by atoms with Gasteiger partial charge in [0.15, 0.2) is 0 Å². The number of halogens is 3. The molecule has 0 bridgehead atoms. The topological polar surface area (TPSA) is 12.0 Å². The Labute approximate surface area is 71.2 Å². The van der Waals surface area contributed by atoms with E-state index in [1.54, 1.807) is 0 Å². The minimum absolute atomic E-state index is 0.478. The van der Waals surface area contributed by atoms with Crippen molar-refractivity contribution in [2.45, 2.75) is 19.3 Å². The SMILES string of the molecule is FC(F)(F)c1cc2c(s1)CNC2. The zero-order valence-electron chi connectivity index (χ0n) is 6.03. The number of alkyl halides is 3. The average molecular weight is 193 g/mol. The van der Waals surface area contributed by atoms with E-state index < -0.39 is 11.1 Å². The molecule has 2 heterocycles. The van der Waals surface area contributed by atoms with E-state index >= 15 is 0 Å². The molecular weight excluding hydrogens is 187 g/mol. The van der Waals surface area contributed by atoms with Crippen molar-refractivity contribution in [1.29, 1.82) is 0 Å². The lowest BCUT2D eigenvalue weighted by Gasteiger charge is -2.01. The van der Waals surface area contributed by atoms with Crippen LogP contribution >= 0.6 is 11.3 Å².